The van der Waals surface area contributed by atoms with Crippen LogP contribution in [0.3, 0.4) is 0 Å². The molecule has 68 valence electrons. The average molecular weight is 178 g/mol. The molecule has 1 saturated heterocycles. The fraction of sp³-hybridized carbons (Fsp3) is 0.333. The van der Waals surface area contributed by atoms with Crippen LogP contribution in [0.2, 0.25) is 0 Å². The van der Waals surface area contributed by atoms with Gasteiger partial charge in [0.2, 0.25) is 0 Å². The lowest BCUT2D eigenvalue weighted by atomic mass is 10.2. The lowest BCUT2D eigenvalue weighted by Gasteiger charge is -2.01. The second-order valence-corrected chi connectivity index (χ2v) is 2.90. The number of amides is 1. The molecular formula is C9H10N2O2. The van der Waals surface area contributed by atoms with Gasteiger partial charge in [-0.15, -0.1) is 0 Å². The molecule has 2 heterocycles. The average Bonchev–Trinajstić information content (AvgIpc) is 2.99. The molecule has 0 spiro atoms. The summed E-state index contributed by atoms with van der Waals surface area (Å²) in [7, 11) is 0. The molecule has 2 rings (SSSR count). The van der Waals surface area contributed by atoms with Crippen molar-refractivity contribution in [1.82, 2.24) is 10.3 Å². The van der Waals surface area contributed by atoms with Gasteiger partial charge in [-0.3, -0.25) is 9.78 Å². The molecule has 0 bridgehead atoms. The summed E-state index contributed by atoms with van der Waals surface area (Å²) in [6.45, 7) is 1.36. The lowest BCUT2D eigenvalue weighted by molar-refractivity contribution is 0.0950. The van der Waals surface area contributed by atoms with Crippen LogP contribution >= 0.6 is 0 Å². The minimum absolute atomic E-state index is 0.0714. The molecule has 4 heteroatoms. The monoisotopic (exact) mass is 178 g/mol. The number of hydrogen-bond donors (Lipinski definition) is 1. The molecule has 0 radical (unpaired) electrons. The minimum Gasteiger partial charge on any atom is -0.371 e. The SMILES string of the molecule is O=C(NC[C@@H]1CO1)c1ccncc1. The van der Waals surface area contributed by atoms with Gasteiger partial charge >= 0.3 is 0 Å². The maximum atomic E-state index is 11.4. The largest absolute Gasteiger partial charge is 0.371 e. The van der Waals surface area contributed by atoms with Crippen LogP contribution in [0.25, 0.3) is 0 Å². The van der Waals surface area contributed by atoms with Crippen molar-refractivity contribution in [2.75, 3.05) is 13.2 Å². The maximum Gasteiger partial charge on any atom is 0.251 e. The Morgan fingerprint density at radius 1 is 1.62 bits per heavy atom. The third-order valence-electron chi connectivity index (χ3n) is 1.84. The Hall–Kier alpha value is -1.42. The van der Waals surface area contributed by atoms with Gasteiger partial charge in [0.1, 0.15) is 0 Å². The van der Waals surface area contributed by atoms with Gasteiger partial charge in [0, 0.05) is 24.5 Å². The second-order valence-electron chi connectivity index (χ2n) is 2.90. The first-order valence-electron chi connectivity index (χ1n) is 4.16. The van der Waals surface area contributed by atoms with Gasteiger partial charge in [0.15, 0.2) is 0 Å². The van der Waals surface area contributed by atoms with Gasteiger partial charge in [-0.05, 0) is 12.1 Å². The summed E-state index contributed by atoms with van der Waals surface area (Å²) < 4.78 is 4.97. The Labute approximate surface area is 75.9 Å². The third kappa shape index (κ3) is 2.26. The van der Waals surface area contributed by atoms with Crippen LogP contribution in [-0.2, 0) is 4.74 Å². The van der Waals surface area contributed by atoms with Crippen molar-refractivity contribution < 1.29 is 9.53 Å². The highest BCUT2D eigenvalue weighted by molar-refractivity contribution is 5.93. The predicted octanol–water partition coefficient (Wildman–Crippen LogP) is 0.210. The summed E-state index contributed by atoms with van der Waals surface area (Å²) in [6.07, 6.45) is 3.43. The molecule has 13 heavy (non-hydrogen) atoms. The van der Waals surface area contributed by atoms with Gasteiger partial charge in [0.05, 0.1) is 12.7 Å². The molecule has 1 fully saturated rings. The van der Waals surface area contributed by atoms with E-state index in [-0.39, 0.29) is 12.0 Å². The summed E-state index contributed by atoms with van der Waals surface area (Å²) >= 11 is 0. The van der Waals surface area contributed by atoms with Crippen LogP contribution in [0, 0.1) is 0 Å². The van der Waals surface area contributed by atoms with Crippen molar-refractivity contribution in [3.63, 3.8) is 0 Å². The second kappa shape index (κ2) is 3.53. The Bertz CT molecular complexity index is 296. The molecule has 0 aromatic carbocycles. The van der Waals surface area contributed by atoms with Crippen molar-refractivity contribution in [2.45, 2.75) is 6.10 Å². The van der Waals surface area contributed by atoms with Crippen molar-refractivity contribution >= 4 is 5.91 Å². The van der Waals surface area contributed by atoms with E-state index in [4.69, 9.17) is 4.74 Å². The third-order valence-corrected chi connectivity index (χ3v) is 1.84. The van der Waals surface area contributed by atoms with Crippen LogP contribution in [0.1, 0.15) is 10.4 Å². The van der Waals surface area contributed by atoms with Crippen LogP contribution in [-0.4, -0.2) is 30.1 Å². The molecule has 1 N–H and O–H groups in total. The van der Waals surface area contributed by atoms with Crippen molar-refractivity contribution in [3.8, 4) is 0 Å². The molecule has 1 aliphatic heterocycles. The normalized spacial score (nSPS) is 19.5. The fourth-order valence-electron chi connectivity index (χ4n) is 0.998. The van der Waals surface area contributed by atoms with E-state index in [1.165, 1.54) is 0 Å². The molecular weight excluding hydrogens is 168 g/mol. The lowest BCUT2D eigenvalue weighted by Crippen LogP contribution is -2.27. The summed E-state index contributed by atoms with van der Waals surface area (Å²) in [5.74, 6) is -0.0714. The summed E-state index contributed by atoms with van der Waals surface area (Å²) in [5, 5.41) is 2.77. The number of aromatic nitrogens is 1. The van der Waals surface area contributed by atoms with E-state index in [2.05, 4.69) is 10.3 Å². The molecule has 0 unspecified atom stereocenters. The van der Waals surface area contributed by atoms with Gasteiger partial charge in [-0.1, -0.05) is 0 Å². The Morgan fingerprint density at radius 2 is 2.31 bits per heavy atom. The van der Waals surface area contributed by atoms with Crippen molar-refractivity contribution in [1.29, 1.82) is 0 Å². The Kier molecular flexibility index (Phi) is 2.23. The zero-order valence-corrected chi connectivity index (χ0v) is 7.06. The number of ether oxygens (including phenoxy) is 1. The minimum atomic E-state index is -0.0714. The van der Waals surface area contributed by atoms with Crippen molar-refractivity contribution in [2.24, 2.45) is 0 Å². The topological polar surface area (TPSA) is 54.5 Å². The van der Waals surface area contributed by atoms with E-state index in [0.29, 0.717) is 12.1 Å². The standard InChI is InChI=1S/C9H10N2O2/c12-9(11-5-8-6-13-8)7-1-3-10-4-2-7/h1-4,8H,5-6H2,(H,11,12)/t8-/m1/s1. The summed E-state index contributed by atoms with van der Waals surface area (Å²) in [4.78, 5) is 15.2. The number of nitrogens with zero attached hydrogens (tertiary/aromatic N) is 1. The van der Waals surface area contributed by atoms with Gasteiger partial charge in [-0.25, -0.2) is 0 Å². The van der Waals surface area contributed by atoms with Crippen molar-refractivity contribution in [3.05, 3.63) is 30.1 Å². The van der Waals surface area contributed by atoms with E-state index in [1.807, 2.05) is 0 Å². The molecule has 1 aromatic rings. The smallest absolute Gasteiger partial charge is 0.251 e. The van der Waals surface area contributed by atoms with E-state index in [0.717, 1.165) is 6.61 Å². The van der Waals surface area contributed by atoms with E-state index >= 15 is 0 Å². The molecule has 1 atom stereocenters. The fourth-order valence-corrected chi connectivity index (χ4v) is 0.998. The van der Waals surface area contributed by atoms with E-state index < -0.39 is 0 Å². The highest BCUT2D eigenvalue weighted by Crippen LogP contribution is 2.06. The van der Waals surface area contributed by atoms with Gasteiger partial charge < -0.3 is 10.1 Å². The maximum absolute atomic E-state index is 11.4. The van der Waals surface area contributed by atoms with Gasteiger partial charge in [-0.2, -0.15) is 0 Å². The number of nitrogens with one attached hydrogen (secondary N) is 1. The molecule has 1 amide bonds. The highest BCUT2D eigenvalue weighted by atomic mass is 16.6. The Balaban J connectivity index is 1.89. The molecule has 4 nitrogen and oxygen atoms in total. The molecule has 0 aliphatic carbocycles. The van der Waals surface area contributed by atoms with E-state index in [9.17, 15) is 4.79 Å². The first-order valence-corrected chi connectivity index (χ1v) is 4.16. The number of hydrogen-bond acceptors (Lipinski definition) is 3. The summed E-state index contributed by atoms with van der Waals surface area (Å²) in [5.41, 5.74) is 0.635. The van der Waals surface area contributed by atoms with Crippen LogP contribution in [0.15, 0.2) is 24.5 Å². The molecule has 0 saturated carbocycles. The zero-order valence-electron chi connectivity index (χ0n) is 7.06. The zero-order chi connectivity index (χ0) is 9.10. The number of carbonyl (C=O) groups is 1. The quantitative estimate of drug-likeness (QED) is 0.673. The summed E-state index contributed by atoms with van der Waals surface area (Å²) in [6, 6.07) is 3.37. The predicted molar refractivity (Wildman–Crippen MR) is 46.3 cm³/mol. The van der Waals surface area contributed by atoms with E-state index in [1.54, 1.807) is 24.5 Å². The van der Waals surface area contributed by atoms with Crippen LogP contribution in [0.5, 0.6) is 0 Å². The van der Waals surface area contributed by atoms with Crippen LogP contribution in [0.4, 0.5) is 0 Å². The van der Waals surface area contributed by atoms with Crippen LogP contribution < -0.4 is 5.32 Å². The number of rotatable bonds is 3. The number of carbonyl (C=O) groups excluding carboxylic acids is 1. The number of pyridine rings is 1. The first-order chi connectivity index (χ1) is 6.36. The number of epoxide rings is 1. The first kappa shape index (κ1) is 8.19. The highest BCUT2D eigenvalue weighted by Gasteiger charge is 2.22. The Morgan fingerprint density at radius 3 is 2.92 bits per heavy atom. The molecule has 1 aromatic heterocycles. The van der Waals surface area contributed by atoms with Gasteiger partial charge in [0.25, 0.3) is 5.91 Å². The molecule has 1 aliphatic rings.